The summed E-state index contributed by atoms with van der Waals surface area (Å²) in [5, 5.41) is 6.29. The van der Waals surface area contributed by atoms with E-state index in [1.54, 1.807) is 0 Å². The van der Waals surface area contributed by atoms with Gasteiger partial charge >= 0.3 is 0 Å². The van der Waals surface area contributed by atoms with Gasteiger partial charge in [0.25, 0.3) is 5.91 Å². The Kier molecular flexibility index (Phi) is 4.59. The number of benzene rings is 2. The van der Waals surface area contributed by atoms with Crippen LogP contribution in [-0.2, 0) is 0 Å². The zero-order valence-electron chi connectivity index (χ0n) is 14.5. The molecule has 3 nitrogen and oxygen atoms in total. The maximum Gasteiger partial charge on any atom is 0.261 e. The zero-order chi connectivity index (χ0) is 17.9. The number of carbonyl (C=O) groups is 1. The summed E-state index contributed by atoms with van der Waals surface area (Å²) in [5.74, 6) is 0.0924. The molecule has 4 rings (SSSR count). The standard InChI is InChI=1S/C22H20N2OS/c1-15-11-12-26-21(15)22(25)24-13-18(16-7-3-2-4-8-16)19-14-23-20-10-6-5-9-17(19)20/h2-12,14,18,23H,13H2,1H3,(H,24,25). The van der Waals surface area contributed by atoms with Gasteiger partial charge < -0.3 is 10.3 Å². The zero-order valence-corrected chi connectivity index (χ0v) is 15.3. The van der Waals surface area contributed by atoms with E-state index in [0.717, 1.165) is 16.0 Å². The quantitative estimate of drug-likeness (QED) is 0.511. The van der Waals surface area contributed by atoms with Crippen molar-refractivity contribution < 1.29 is 4.79 Å². The Balaban J connectivity index is 1.66. The predicted molar refractivity (Wildman–Crippen MR) is 108 cm³/mol. The number of aryl methyl sites for hydroxylation is 1. The Morgan fingerprint density at radius 1 is 1.08 bits per heavy atom. The maximum atomic E-state index is 12.6. The Labute approximate surface area is 156 Å². The van der Waals surface area contributed by atoms with E-state index in [9.17, 15) is 4.79 Å². The van der Waals surface area contributed by atoms with Gasteiger partial charge in [0.1, 0.15) is 0 Å². The molecule has 1 atom stereocenters. The van der Waals surface area contributed by atoms with Crippen molar-refractivity contribution in [3.05, 3.63) is 93.8 Å². The minimum atomic E-state index is -0.00160. The van der Waals surface area contributed by atoms with Gasteiger partial charge in [0, 0.05) is 29.6 Å². The number of thiophene rings is 1. The van der Waals surface area contributed by atoms with E-state index in [2.05, 4.69) is 46.8 Å². The molecule has 0 saturated heterocycles. The van der Waals surface area contributed by atoms with Crippen LogP contribution in [0.4, 0.5) is 0 Å². The van der Waals surface area contributed by atoms with Gasteiger partial charge in [-0.25, -0.2) is 0 Å². The molecular formula is C22H20N2OS. The molecule has 0 aliphatic rings. The Bertz CT molecular complexity index is 1030. The molecule has 2 N–H and O–H groups in total. The van der Waals surface area contributed by atoms with Crippen molar-refractivity contribution >= 4 is 28.1 Å². The van der Waals surface area contributed by atoms with Crippen LogP contribution in [0.15, 0.2) is 72.2 Å². The number of rotatable bonds is 5. The second-order valence-corrected chi connectivity index (χ2v) is 7.31. The number of aromatic nitrogens is 1. The molecule has 26 heavy (non-hydrogen) atoms. The van der Waals surface area contributed by atoms with Crippen LogP contribution in [0.1, 0.15) is 32.3 Å². The summed E-state index contributed by atoms with van der Waals surface area (Å²) >= 11 is 1.49. The van der Waals surface area contributed by atoms with Crippen LogP contribution in [0, 0.1) is 6.92 Å². The lowest BCUT2D eigenvalue weighted by atomic mass is 9.91. The average Bonchev–Trinajstić information content (AvgIpc) is 3.29. The van der Waals surface area contributed by atoms with Crippen molar-refractivity contribution in [2.75, 3.05) is 6.54 Å². The molecule has 0 saturated carbocycles. The number of fused-ring (bicyclic) bond motifs is 1. The van der Waals surface area contributed by atoms with Crippen LogP contribution in [0.3, 0.4) is 0 Å². The predicted octanol–water partition coefficient (Wildman–Crippen LogP) is 5.10. The number of aromatic amines is 1. The van der Waals surface area contributed by atoms with Gasteiger partial charge in [-0.05, 0) is 41.1 Å². The summed E-state index contributed by atoms with van der Waals surface area (Å²) in [5.41, 5.74) is 4.54. The van der Waals surface area contributed by atoms with Crippen LogP contribution >= 0.6 is 11.3 Å². The monoisotopic (exact) mass is 360 g/mol. The van der Waals surface area contributed by atoms with E-state index >= 15 is 0 Å². The highest BCUT2D eigenvalue weighted by Gasteiger charge is 2.20. The molecule has 0 aliphatic carbocycles. The van der Waals surface area contributed by atoms with Crippen LogP contribution in [0.5, 0.6) is 0 Å². The topological polar surface area (TPSA) is 44.9 Å². The molecule has 0 spiro atoms. The van der Waals surface area contributed by atoms with Gasteiger partial charge in [-0.1, -0.05) is 48.5 Å². The highest BCUT2D eigenvalue weighted by Crippen LogP contribution is 2.30. The summed E-state index contributed by atoms with van der Waals surface area (Å²) in [6, 6.07) is 20.6. The first-order valence-corrected chi connectivity index (χ1v) is 9.55. The van der Waals surface area contributed by atoms with Gasteiger partial charge in [-0.15, -0.1) is 11.3 Å². The highest BCUT2D eigenvalue weighted by atomic mass is 32.1. The molecule has 2 aromatic heterocycles. The van der Waals surface area contributed by atoms with Gasteiger partial charge in [0.2, 0.25) is 0 Å². The van der Waals surface area contributed by atoms with E-state index in [0.29, 0.717) is 6.54 Å². The number of hydrogen-bond donors (Lipinski definition) is 2. The first-order chi connectivity index (χ1) is 12.7. The average molecular weight is 360 g/mol. The largest absolute Gasteiger partial charge is 0.361 e. The van der Waals surface area contributed by atoms with Crippen LogP contribution in [0.2, 0.25) is 0 Å². The normalized spacial score (nSPS) is 12.2. The molecule has 4 aromatic rings. The fourth-order valence-corrected chi connectivity index (χ4v) is 4.20. The molecule has 0 bridgehead atoms. The lowest BCUT2D eigenvalue weighted by Crippen LogP contribution is -2.28. The van der Waals surface area contributed by atoms with E-state index in [1.165, 1.54) is 27.8 Å². The highest BCUT2D eigenvalue weighted by molar-refractivity contribution is 7.12. The fraction of sp³-hybridized carbons (Fsp3) is 0.136. The van der Waals surface area contributed by atoms with E-state index < -0.39 is 0 Å². The molecule has 4 heteroatoms. The summed E-state index contributed by atoms with van der Waals surface area (Å²) in [4.78, 5) is 16.7. The van der Waals surface area contributed by atoms with Crippen LogP contribution in [0.25, 0.3) is 10.9 Å². The number of H-pyrrole nitrogens is 1. The molecule has 130 valence electrons. The van der Waals surface area contributed by atoms with Crippen molar-refractivity contribution in [1.82, 2.24) is 10.3 Å². The van der Waals surface area contributed by atoms with Crippen molar-refractivity contribution in [3.8, 4) is 0 Å². The second-order valence-electron chi connectivity index (χ2n) is 6.40. The maximum absolute atomic E-state index is 12.6. The first-order valence-electron chi connectivity index (χ1n) is 8.67. The number of nitrogens with one attached hydrogen (secondary N) is 2. The molecule has 2 heterocycles. The third-order valence-electron chi connectivity index (χ3n) is 4.73. The van der Waals surface area contributed by atoms with Crippen molar-refractivity contribution in [2.24, 2.45) is 0 Å². The van der Waals surface area contributed by atoms with Crippen molar-refractivity contribution in [2.45, 2.75) is 12.8 Å². The van der Waals surface area contributed by atoms with E-state index in [1.807, 2.05) is 42.6 Å². The first kappa shape index (κ1) is 16.6. The molecule has 0 fully saturated rings. The third kappa shape index (κ3) is 3.16. The van der Waals surface area contributed by atoms with Crippen molar-refractivity contribution in [1.29, 1.82) is 0 Å². The number of amides is 1. The van der Waals surface area contributed by atoms with Gasteiger partial charge in [0.15, 0.2) is 0 Å². The van der Waals surface area contributed by atoms with Gasteiger partial charge in [-0.3, -0.25) is 4.79 Å². The van der Waals surface area contributed by atoms with Gasteiger partial charge in [0.05, 0.1) is 4.88 Å². The minimum absolute atomic E-state index is 0.00160. The molecule has 0 aliphatic heterocycles. The Hall–Kier alpha value is -2.85. The van der Waals surface area contributed by atoms with Crippen molar-refractivity contribution in [3.63, 3.8) is 0 Å². The lowest BCUT2D eigenvalue weighted by molar-refractivity contribution is 0.0956. The molecule has 1 unspecified atom stereocenters. The van der Waals surface area contributed by atoms with Gasteiger partial charge in [-0.2, -0.15) is 0 Å². The van der Waals surface area contributed by atoms with E-state index in [4.69, 9.17) is 0 Å². The second kappa shape index (κ2) is 7.18. The van der Waals surface area contributed by atoms with Crippen LogP contribution < -0.4 is 5.32 Å². The van der Waals surface area contributed by atoms with E-state index in [-0.39, 0.29) is 11.8 Å². The Morgan fingerprint density at radius 3 is 2.62 bits per heavy atom. The molecule has 0 radical (unpaired) electrons. The minimum Gasteiger partial charge on any atom is -0.361 e. The summed E-state index contributed by atoms with van der Waals surface area (Å²) in [6.45, 7) is 2.53. The molecular weight excluding hydrogens is 340 g/mol. The lowest BCUT2D eigenvalue weighted by Gasteiger charge is -2.18. The smallest absolute Gasteiger partial charge is 0.261 e. The summed E-state index contributed by atoms with van der Waals surface area (Å²) in [7, 11) is 0. The van der Waals surface area contributed by atoms with Crippen LogP contribution in [-0.4, -0.2) is 17.4 Å². The third-order valence-corrected chi connectivity index (χ3v) is 5.75. The number of carbonyl (C=O) groups excluding carboxylic acids is 1. The fourth-order valence-electron chi connectivity index (χ4n) is 3.36. The SMILES string of the molecule is Cc1ccsc1C(=O)NCC(c1ccccc1)c1c[nH]c2ccccc12. The number of hydrogen-bond acceptors (Lipinski definition) is 2. The summed E-state index contributed by atoms with van der Waals surface area (Å²) in [6.07, 6.45) is 2.06. The Morgan fingerprint density at radius 2 is 1.85 bits per heavy atom. The summed E-state index contributed by atoms with van der Waals surface area (Å²) < 4.78 is 0. The molecule has 1 amide bonds. The molecule has 2 aromatic carbocycles. The number of para-hydroxylation sites is 1.